The third kappa shape index (κ3) is 4.21. The van der Waals surface area contributed by atoms with Crippen molar-refractivity contribution in [3.8, 4) is 5.75 Å². The fourth-order valence-electron chi connectivity index (χ4n) is 3.62. The van der Waals surface area contributed by atoms with Crippen LogP contribution in [0.2, 0.25) is 0 Å². The van der Waals surface area contributed by atoms with E-state index >= 15 is 0 Å². The van der Waals surface area contributed by atoms with E-state index in [0.29, 0.717) is 5.75 Å². The van der Waals surface area contributed by atoms with Crippen molar-refractivity contribution in [2.75, 3.05) is 13.7 Å². The molecule has 0 aromatic heterocycles. The molecule has 1 aliphatic heterocycles. The van der Waals surface area contributed by atoms with E-state index in [0.717, 1.165) is 23.1 Å². The van der Waals surface area contributed by atoms with Crippen molar-refractivity contribution in [2.24, 2.45) is 0 Å². The van der Waals surface area contributed by atoms with E-state index < -0.39 is 28.8 Å². The molecule has 4 N–H and O–H groups in total. The van der Waals surface area contributed by atoms with Crippen molar-refractivity contribution in [3.05, 3.63) is 64.2 Å². The third-order valence-electron chi connectivity index (χ3n) is 5.40. The van der Waals surface area contributed by atoms with Gasteiger partial charge in [-0.2, -0.15) is 0 Å². The number of aryl methyl sites for hydroxylation is 2. The second kappa shape index (κ2) is 8.84. The summed E-state index contributed by atoms with van der Waals surface area (Å²) >= 11 is 1.27. The lowest BCUT2D eigenvalue weighted by atomic mass is 9.92. The van der Waals surface area contributed by atoms with Crippen molar-refractivity contribution < 1.29 is 25.2 Å². The Morgan fingerprint density at radius 1 is 0.964 bits per heavy atom. The summed E-state index contributed by atoms with van der Waals surface area (Å²) < 4.78 is 5.55. The highest BCUT2D eigenvalue weighted by atomic mass is 32.2. The van der Waals surface area contributed by atoms with Crippen molar-refractivity contribution in [1.82, 2.24) is 0 Å². The van der Waals surface area contributed by atoms with Gasteiger partial charge in [0, 0.05) is 5.56 Å². The Labute approximate surface area is 170 Å². The number of hydrogen-bond donors (Lipinski definition) is 4. The summed E-state index contributed by atoms with van der Waals surface area (Å²) in [6.07, 6.45) is -2.92. The zero-order chi connectivity index (χ0) is 20.4. The van der Waals surface area contributed by atoms with Crippen LogP contribution >= 0.6 is 11.8 Å². The summed E-state index contributed by atoms with van der Waals surface area (Å²) in [5, 5.41) is 39.4. The van der Waals surface area contributed by atoms with E-state index in [-0.39, 0.29) is 6.61 Å². The number of ether oxygens (including phenoxy) is 1. The van der Waals surface area contributed by atoms with Crippen molar-refractivity contribution in [1.29, 1.82) is 0 Å². The molecule has 0 aliphatic carbocycles. The van der Waals surface area contributed by atoms with Gasteiger partial charge in [-0.25, -0.2) is 0 Å². The molecule has 0 radical (unpaired) electrons. The monoisotopic (exact) mass is 404 g/mol. The minimum absolute atomic E-state index is 0.281. The molecule has 5 atom stereocenters. The summed E-state index contributed by atoms with van der Waals surface area (Å²) in [5.41, 5.74) is 5.34. The normalized spacial score (nSPS) is 27.6. The van der Waals surface area contributed by atoms with Crippen LogP contribution in [-0.2, 0) is 6.42 Å². The third-order valence-corrected chi connectivity index (χ3v) is 7.01. The summed E-state index contributed by atoms with van der Waals surface area (Å²) in [6, 6.07) is 12.3. The molecule has 2 aromatic rings. The van der Waals surface area contributed by atoms with Crippen LogP contribution in [0.1, 0.15) is 33.1 Å². The predicted octanol–water partition coefficient (Wildman–Crippen LogP) is 2.13. The molecule has 0 saturated carbocycles. The van der Waals surface area contributed by atoms with Gasteiger partial charge < -0.3 is 25.2 Å². The number of aliphatic hydroxyl groups excluding tert-OH is 4. The molecule has 152 valence electrons. The van der Waals surface area contributed by atoms with E-state index in [1.165, 1.54) is 22.9 Å². The SMILES string of the molecule is COc1cc(C)c(Cc2ccc(C)cc2)cc1[C@@H]1S[C@H](CO)[C@@H](O)[C@H](O)[C@H]1O. The molecular weight excluding hydrogens is 376 g/mol. The van der Waals surface area contributed by atoms with Crippen LogP contribution in [0, 0.1) is 13.8 Å². The van der Waals surface area contributed by atoms with Crippen molar-refractivity contribution in [3.63, 3.8) is 0 Å². The van der Waals surface area contributed by atoms with E-state index in [1.807, 2.05) is 19.1 Å². The molecule has 0 unspecified atom stereocenters. The van der Waals surface area contributed by atoms with Crippen LogP contribution in [-0.4, -0.2) is 57.7 Å². The molecule has 1 aliphatic rings. The highest BCUT2D eigenvalue weighted by Crippen LogP contribution is 2.46. The molecule has 1 saturated heterocycles. The molecule has 3 rings (SSSR count). The largest absolute Gasteiger partial charge is 0.496 e. The number of rotatable bonds is 5. The molecule has 0 spiro atoms. The summed E-state index contributed by atoms with van der Waals surface area (Å²) in [6.45, 7) is 3.80. The second-order valence-electron chi connectivity index (χ2n) is 7.43. The second-order valence-corrected chi connectivity index (χ2v) is 8.82. The van der Waals surface area contributed by atoms with E-state index in [2.05, 4.69) is 31.2 Å². The summed E-state index contributed by atoms with van der Waals surface area (Å²) in [7, 11) is 1.58. The minimum atomic E-state index is -1.32. The fraction of sp³-hybridized carbons (Fsp3) is 0.455. The number of methoxy groups -OCH3 is 1. The highest BCUT2D eigenvalue weighted by molar-refractivity contribution is 8.00. The van der Waals surface area contributed by atoms with Gasteiger partial charge in [-0.15, -0.1) is 11.8 Å². The van der Waals surface area contributed by atoms with Gasteiger partial charge in [0.25, 0.3) is 0 Å². The Bertz CT molecular complexity index is 805. The smallest absolute Gasteiger partial charge is 0.123 e. The van der Waals surface area contributed by atoms with Gasteiger partial charge in [-0.1, -0.05) is 35.9 Å². The summed E-state index contributed by atoms with van der Waals surface area (Å²) in [4.78, 5) is 0. The van der Waals surface area contributed by atoms with Crippen LogP contribution in [0.15, 0.2) is 36.4 Å². The standard InChI is InChI=1S/C22H28O5S/c1-12-4-6-14(7-5-12)9-15-10-16(17(27-3)8-13(15)2)22-21(26)20(25)19(24)18(11-23)28-22/h4-8,10,18-26H,9,11H2,1-3H3/t18-,19-,20+,21-,22+/m1/s1. The van der Waals surface area contributed by atoms with E-state index in [9.17, 15) is 20.4 Å². The Morgan fingerprint density at radius 3 is 2.25 bits per heavy atom. The van der Waals surface area contributed by atoms with E-state index in [4.69, 9.17) is 4.74 Å². The maximum absolute atomic E-state index is 10.6. The van der Waals surface area contributed by atoms with Gasteiger partial charge in [-0.3, -0.25) is 0 Å². The first kappa shape index (κ1) is 21.1. The highest BCUT2D eigenvalue weighted by Gasteiger charge is 2.44. The lowest BCUT2D eigenvalue weighted by Gasteiger charge is -2.40. The Kier molecular flexibility index (Phi) is 6.68. The Morgan fingerprint density at radius 2 is 1.64 bits per heavy atom. The molecule has 6 heteroatoms. The fourth-order valence-corrected chi connectivity index (χ4v) is 5.06. The average Bonchev–Trinajstić information content (AvgIpc) is 2.69. The maximum atomic E-state index is 10.6. The van der Waals surface area contributed by atoms with Crippen LogP contribution in [0.3, 0.4) is 0 Å². The van der Waals surface area contributed by atoms with Crippen LogP contribution < -0.4 is 4.74 Å². The Hall–Kier alpha value is -1.57. The lowest BCUT2D eigenvalue weighted by molar-refractivity contribution is -0.0701. The zero-order valence-electron chi connectivity index (χ0n) is 16.4. The van der Waals surface area contributed by atoms with Gasteiger partial charge in [-0.05, 0) is 43.0 Å². The van der Waals surface area contributed by atoms with Crippen LogP contribution in [0.4, 0.5) is 0 Å². The molecule has 0 bridgehead atoms. The molecular formula is C22H28O5S. The summed E-state index contributed by atoms with van der Waals surface area (Å²) in [5.74, 6) is 0.627. The molecule has 2 aromatic carbocycles. The van der Waals surface area contributed by atoms with Crippen LogP contribution in [0.5, 0.6) is 5.75 Å². The van der Waals surface area contributed by atoms with Gasteiger partial charge in [0.1, 0.15) is 11.9 Å². The number of aliphatic hydroxyl groups is 4. The molecule has 1 fully saturated rings. The minimum Gasteiger partial charge on any atom is -0.496 e. The van der Waals surface area contributed by atoms with Gasteiger partial charge in [0.2, 0.25) is 0 Å². The number of benzene rings is 2. The number of thioether (sulfide) groups is 1. The quantitative estimate of drug-likeness (QED) is 0.611. The van der Waals surface area contributed by atoms with Crippen molar-refractivity contribution in [2.45, 2.75) is 49.1 Å². The molecule has 5 nitrogen and oxygen atoms in total. The van der Waals surface area contributed by atoms with E-state index in [1.54, 1.807) is 7.11 Å². The average molecular weight is 405 g/mol. The molecule has 1 heterocycles. The predicted molar refractivity (Wildman–Crippen MR) is 111 cm³/mol. The topological polar surface area (TPSA) is 90.2 Å². The maximum Gasteiger partial charge on any atom is 0.123 e. The van der Waals surface area contributed by atoms with Crippen molar-refractivity contribution >= 4 is 11.8 Å². The van der Waals surface area contributed by atoms with Gasteiger partial charge in [0.15, 0.2) is 0 Å². The lowest BCUT2D eigenvalue weighted by Crippen LogP contribution is -2.51. The molecule has 28 heavy (non-hydrogen) atoms. The first-order valence-electron chi connectivity index (χ1n) is 9.39. The van der Waals surface area contributed by atoms with Gasteiger partial charge in [0.05, 0.1) is 36.4 Å². The number of hydrogen-bond acceptors (Lipinski definition) is 6. The first-order chi connectivity index (χ1) is 13.3. The Balaban J connectivity index is 1.98. The first-order valence-corrected chi connectivity index (χ1v) is 10.3. The van der Waals surface area contributed by atoms with Gasteiger partial charge >= 0.3 is 0 Å². The van der Waals surface area contributed by atoms with Crippen LogP contribution in [0.25, 0.3) is 0 Å². The zero-order valence-corrected chi connectivity index (χ0v) is 17.2. The molecule has 0 amide bonds.